The van der Waals surface area contributed by atoms with Gasteiger partial charge in [0, 0.05) is 30.4 Å². The number of amides is 1. The molecule has 2 aromatic rings. The van der Waals surface area contributed by atoms with Crippen LogP contribution in [0.25, 0.3) is 0 Å². The molecule has 0 saturated heterocycles. The topological polar surface area (TPSA) is 46.2 Å². The molecule has 0 bridgehead atoms. The van der Waals surface area contributed by atoms with Gasteiger partial charge in [0.05, 0.1) is 0 Å². The van der Waals surface area contributed by atoms with Crippen molar-refractivity contribution in [3.8, 4) is 0 Å². The van der Waals surface area contributed by atoms with Crippen LogP contribution in [0.2, 0.25) is 0 Å². The smallest absolute Gasteiger partial charge is 0.251 e. The largest absolute Gasteiger partial charge is 0.348 e. The number of ketones is 1. The summed E-state index contributed by atoms with van der Waals surface area (Å²) in [7, 11) is 0. The molecule has 1 amide bonds. The molecule has 1 saturated carbocycles. The number of carbonyl (C=O) groups excluding carboxylic acids is 2. The summed E-state index contributed by atoms with van der Waals surface area (Å²) in [5.74, 6) is 0.193. The van der Waals surface area contributed by atoms with E-state index in [0.717, 1.165) is 5.56 Å². The van der Waals surface area contributed by atoms with Gasteiger partial charge in [-0.05, 0) is 23.1 Å². The average Bonchev–Trinajstić information content (AvgIpc) is 2.58. The van der Waals surface area contributed by atoms with E-state index < -0.39 is 0 Å². The summed E-state index contributed by atoms with van der Waals surface area (Å²) < 4.78 is 0. The molecule has 0 aromatic heterocycles. The molecule has 1 N–H and O–H groups in total. The van der Waals surface area contributed by atoms with Gasteiger partial charge < -0.3 is 5.32 Å². The van der Waals surface area contributed by atoms with Crippen molar-refractivity contribution in [3.63, 3.8) is 0 Å². The molecule has 3 nitrogen and oxygen atoms in total. The molecule has 0 heterocycles. The Labute approximate surface area is 143 Å². The maximum Gasteiger partial charge on any atom is 0.251 e. The first kappa shape index (κ1) is 16.4. The van der Waals surface area contributed by atoms with E-state index in [1.54, 1.807) is 0 Å². The molecule has 2 aromatic carbocycles. The Kier molecular flexibility index (Phi) is 4.52. The van der Waals surface area contributed by atoms with Crippen LogP contribution in [0.3, 0.4) is 0 Å². The van der Waals surface area contributed by atoms with Crippen LogP contribution in [-0.4, -0.2) is 17.7 Å². The quantitative estimate of drug-likeness (QED) is 0.930. The van der Waals surface area contributed by atoms with Gasteiger partial charge in [0.1, 0.15) is 5.78 Å². The number of hydrogen-bond donors (Lipinski definition) is 1. The lowest BCUT2D eigenvalue weighted by Crippen LogP contribution is -2.52. The van der Waals surface area contributed by atoms with Gasteiger partial charge in [-0.3, -0.25) is 9.59 Å². The van der Waals surface area contributed by atoms with Crippen molar-refractivity contribution in [2.45, 2.75) is 38.6 Å². The van der Waals surface area contributed by atoms with Crippen LogP contribution >= 0.6 is 0 Å². The molecule has 124 valence electrons. The summed E-state index contributed by atoms with van der Waals surface area (Å²) in [5, 5.41) is 3.20. The van der Waals surface area contributed by atoms with Crippen molar-refractivity contribution < 1.29 is 9.59 Å². The van der Waals surface area contributed by atoms with E-state index in [1.165, 1.54) is 0 Å². The predicted molar refractivity (Wildman–Crippen MR) is 94.9 cm³/mol. The third kappa shape index (κ3) is 3.40. The Morgan fingerprint density at radius 3 is 2.21 bits per heavy atom. The number of Topliss-reactive ketones (excluding diaryl/α,β-unsaturated/α-hetero) is 1. The SMILES string of the molecule is CC1(C)CC(=O)C[C@H](c2ccccc2)[C@H]1NC(=O)c1ccccc1. The zero-order valence-corrected chi connectivity index (χ0v) is 14.2. The first-order chi connectivity index (χ1) is 11.5. The number of benzene rings is 2. The van der Waals surface area contributed by atoms with E-state index in [1.807, 2.05) is 60.7 Å². The Morgan fingerprint density at radius 1 is 1.00 bits per heavy atom. The Bertz CT molecular complexity index is 722. The van der Waals surface area contributed by atoms with E-state index in [4.69, 9.17) is 0 Å². The molecule has 3 heteroatoms. The van der Waals surface area contributed by atoms with Gasteiger partial charge in [-0.25, -0.2) is 0 Å². The second-order valence-corrected chi connectivity index (χ2v) is 7.24. The van der Waals surface area contributed by atoms with Crippen molar-refractivity contribution in [1.82, 2.24) is 5.32 Å². The van der Waals surface area contributed by atoms with Crippen molar-refractivity contribution >= 4 is 11.7 Å². The Morgan fingerprint density at radius 2 is 1.58 bits per heavy atom. The van der Waals surface area contributed by atoms with Crippen LogP contribution in [0.1, 0.15) is 48.5 Å². The second-order valence-electron chi connectivity index (χ2n) is 7.24. The Balaban J connectivity index is 1.91. The summed E-state index contributed by atoms with van der Waals surface area (Å²) in [5.41, 5.74) is 1.48. The van der Waals surface area contributed by atoms with Gasteiger partial charge in [0.15, 0.2) is 0 Å². The predicted octanol–water partition coefficient (Wildman–Crippen LogP) is 3.96. The molecule has 1 aliphatic rings. The highest BCUT2D eigenvalue weighted by Gasteiger charge is 2.43. The molecule has 0 spiro atoms. The van der Waals surface area contributed by atoms with Crippen molar-refractivity contribution in [2.75, 3.05) is 0 Å². The van der Waals surface area contributed by atoms with Crippen molar-refractivity contribution in [2.24, 2.45) is 5.41 Å². The maximum absolute atomic E-state index is 12.7. The third-order valence-electron chi connectivity index (χ3n) is 4.89. The van der Waals surface area contributed by atoms with Crippen LogP contribution in [-0.2, 0) is 4.79 Å². The fourth-order valence-electron chi connectivity index (χ4n) is 3.72. The minimum atomic E-state index is -0.277. The van der Waals surface area contributed by atoms with Gasteiger partial charge in [-0.1, -0.05) is 62.4 Å². The van der Waals surface area contributed by atoms with E-state index in [-0.39, 0.29) is 29.1 Å². The highest BCUT2D eigenvalue weighted by atomic mass is 16.2. The van der Waals surface area contributed by atoms with Gasteiger partial charge in [0.2, 0.25) is 0 Å². The molecule has 1 fully saturated rings. The number of nitrogens with one attached hydrogen (secondary N) is 1. The van der Waals surface area contributed by atoms with E-state index in [0.29, 0.717) is 18.4 Å². The van der Waals surface area contributed by atoms with Crippen LogP contribution < -0.4 is 5.32 Å². The average molecular weight is 321 g/mol. The summed E-state index contributed by atoms with van der Waals surface area (Å²) in [6, 6.07) is 19.2. The summed E-state index contributed by atoms with van der Waals surface area (Å²) in [6.07, 6.45) is 0.975. The molecule has 2 atom stereocenters. The molecule has 3 rings (SSSR count). The number of carbonyl (C=O) groups is 2. The first-order valence-corrected chi connectivity index (χ1v) is 8.40. The first-order valence-electron chi connectivity index (χ1n) is 8.40. The molecule has 0 unspecified atom stereocenters. The zero-order valence-electron chi connectivity index (χ0n) is 14.2. The van der Waals surface area contributed by atoms with Gasteiger partial charge in [0.25, 0.3) is 5.91 Å². The molecular weight excluding hydrogens is 298 g/mol. The lowest BCUT2D eigenvalue weighted by molar-refractivity contribution is -0.124. The van der Waals surface area contributed by atoms with Gasteiger partial charge >= 0.3 is 0 Å². The van der Waals surface area contributed by atoms with Gasteiger partial charge in [-0.15, -0.1) is 0 Å². The lowest BCUT2D eigenvalue weighted by Gasteiger charge is -2.44. The molecule has 24 heavy (non-hydrogen) atoms. The summed E-state index contributed by atoms with van der Waals surface area (Å²) in [6.45, 7) is 4.13. The van der Waals surface area contributed by atoms with Crippen LogP contribution in [0.4, 0.5) is 0 Å². The Hall–Kier alpha value is -2.42. The van der Waals surface area contributed by atoms with Crippen molar-refractivity contribution in [3.05, 3.63) is 71.8 Å². The fraction of sp³-hybridized carbons (Fsp3) is 0.333. The van der Waals surface area contributed by atoms with E-state index >= 15 is 0 Å². The number of rotatable bonds is 3. The van der Waals surface area contributed by atoms with E-state index in [2.05, 4.69) is 19.2 Å². The highest BCUT2D eigenvalue weighted by molar-refractivity contribution is 5.94. The standard InChI is InChI=1S/C21H23NO2/c1-21(2)14-17(23)13-18(15-9-5-3-6-10-15)19(21)22-20(24)16-11-7-4-8-12-16/h3-12,18-19H,13-14H2,1-2H3,(H,22,24)/t18-,19-/m1/s1. The lowest BCUT2D eigenvalue weighted by atomic mass is 9.65. The highest BCUT2D eigenvalue weighted by Crippen LogP contribution is 2.42. The summed E-state index contributed by atoms with van der Waals surface area (Å²) >= 11 is 0. The monoisotopic (exact) mass is 321 g/mol. The maximum atomic E-state index is 12.7. The third-order valence-corrected chi connectivity index (χ3v) is 4.89. The van der Waals surface area contributed by atoms with Crippen LogP contribution in [0.15, 0.2) is 60.7 Å². The molecule has 1 aliphatic carbocycles. The minimum absolute atomic E-state index is 0.00936. The van der Waals surface area contributed by atoms with E-state index in [9.17, 15) is 9.59 Å². The summed E-state index contributed by atoms with van der Waals surface area (Å²) in [4.78, 5) is 24.9. The molecular formula is C21H23NO2. The van der Waals surface area contributed by atoms with Crippen LogP contribution in [0.5, 0.6) is 0 Å². The van der Waals surface area contributed by atoms with Gasteiger partial charge in [-0.2, -0.15) is 0 Å². The second kappa shape index (κ2) is 6.60. The molecule has 0 aliphatic heterocycles. The number of hydrogen-bond acceptors (Lipinski definition) is 2. The van der Waals surface area contributed by atoms with Crippen molar-refractivity contribution in [1.29, 1.82) is 0 Å². The minimum Gasteiger partial charge on any atom is -0.348 e. The molecule has 0 radical (unpaired) electrons. The normalized spacial score (nSPS) is 22.8. The fourth-order valence-corrected chi connectivity index (χ4v) is 3.72. The van der Waals surface area contributed by atoms with Crippen LogP contribution in [0, 0.1) is 5.41 Å². The zero-order chi connectivity index (χ0) is 17.2.